The molecule has 1 aromatic heterocycles. The molecule has 0 atom stereocenters. The molecule has 24 heavy (non-hydrogen) atoms. The molecule has 1 aliphatic rings. The van der Waals surface area contributed by atoms with Crippen LogP contribution in [0.2, 0.25) is 0 Å². The topological polar surface area (TPSA) is 91.6 Å². The number of hydrogen-bond donors (Lipinski definition) is 1. The van der Waals surface area contributed by atoms with Crippen molar-refractivity contribution >= 4 is 23.5 Å². The predicted molar refractivity (Wildman–Crippen MR) is 87.9 cm³/mol. The van der Waals surface area contributed by atoms with E-state index in [1.54, 1.807) is 36.1 Å². The van der Waals surface area contributed by atoms with Gasteiger partial charge < -0.3 is 19.5 Å². The number of nitrogens with zero attached hydrogens (tertiary/aromatic N) is 4. The summed E-state index contributed by atoms with van der Waals surface area (Å²) in [6, 6.07) is 7.40. The fourth-order valence-electron chi connectivity index (χ4n) is 2.60. The van der Waals surface area contributed by atoms with Crippen molar-refractivity contribution in [2.24, 2.45) is 0 Å². The number of rotatable bonds is 3. The zero-order chi connectivity index (χ0) is 17.1. The summed E-state index contributed by atoms with van der Waals surface area (Å²) in [5.41, 5.74) is 1.28. The van der Waals surface area contributed by atoms with Crippen LogP contribution >= 0.6 is 0 Å². The van der Waals surface area contributed by atoms with E-state index in [0.717, 1.165) is 0 Å². The van der Waals surface area contributed by atoms with Crippen LogP contribution in [0.1, 0.15) is 23.2 Å². The molecular weight excluding hydrogens is 310 g/mol. The fraction of sp³-hybridized carbons (Fsp3) is 0.375. The maximum absolute atomic E-state index is 12.5. The molecule has 2 amide bonds. The number of amides is 2. The van der Waals surface area contributed by atoms with Gasteiger partial charge in [0.05, 0.1) is 0 Å². The van der Waals surface area contributed by atoms with E-state index in [1.165, 1.54) is 6.92 Å². The first-order valence-electron chi connectivity index (χ1n) is 7.75. The van der Waals surface area contributed by atoms with Crippen molar-refractivity contribution in [2.75, 3.05) is 36.4 Å². The Labute approximate surface area is 139 Å². The molecule has 1 fully saturated rings. The minimum absolute atomic E-state index is 0.0225. The Morgan fingerprint density at radius 3 is 2.29 bits per heavy atom. The lowest BCUT2D eigenvalue weighted by atomic mass is 10.1. The maximum Gasteiger partial charge on any atom is 0.318 e. The Bertz CT molecular complexity index is 732. The van der Waals surface area contributed by atoms with Crippen molar-refractivity contribution in [1.29, 1.82) is 0 Å². The number of piperazine rings is 1. The number of carbonyl (C=O) groups excluding carboxylic acids is 2. The molecule has 1 aromatic carbocycles. The number of carbonyl (C=O) groups is 2. The molecule has 2 heterocycles. The van der Waals surface area contributed by atoms with Gasteiger partial charge in [-0.3, -0.25) is 9.59 Å². The zero-order valence-corrected chi connectivity index (χ0v) is 13.7. The van der Waals surface area contributed by atoms with Gasteiger partial charge in [0.15, 0.2) is 0 Å². The maximum atomic E-state index is 12.5. The fourth-order valence-corrected chi connectivity index (χ4v) is 2.60. The number of aromatic nitrogens is 2. The van der Waals surface area contributed by atoms with Gasteiger partial charge in [0.1, 0.15) is 0 Å². The Hall–Kier alpha value is -2.90. The zero-order valence-electron chi connectivity index (χ0n) is 13.7. The summed E-state index contributed by atoms with van der Waals surface area (Å²) in [5, 5.41) is 10.5. The minimum atomic E-state index is -0.138. The van der Waals surface area contributed by atoms with Crippen LogP contribution in [0.15, 0.2) is 28.7 Å². The summed E-state index contributed by atoms with van der Waals surface area (Å²) in [5.74, 6) is 0.370. The van der Waals surface area contributed by atoms with E-state index in [-0.39, 0.29) is 11.8 Å². The molecular formula is C16H19N5O3. The molecule has 8 nitrogen and oxygen atoms in total. The van der Waals surface area contributed by atoms with Gasteiger partial charge in [-0.05, 0) is 24.3 Å². The third kappa shape index (κ3) is 3.53. The highest BCUT2D eigenvalue weighted by molar-refractivity contribution is 5.95. The monoisotopic (exact) mass is 329 g/mol. The standard InChI is InChI=1S/C16H19N5O3/c1-11(22)17-14-5-3-13(4-6-14)15(23)20-7-9-21(10-8-20)16-19-18-12(2)24-16/h3-6H,7-10H2,1-2H3,(H,17,22). The van der Waals surface area contributed by atoms with E-state index in [2.05, 4.69) is 15.5 Å². The molecule has 126 valence electrons. The summed E-state index contributed by atoms with van der Waals surface area (Å²) in [6.45, 7) is 5.68. The van der Waals surface area contributed by atoms with Crippen LogP contribution in [0, 0.1) is 6.92 Å². The number of hydrogen-bond acceptors (Lipinski definition) is 6. The van der Waals surface area contributed by atoms with Crippen LogP contribution in [0.25, 0.3) is 0 Å². The van der Waals surface area contributed by atoms with Crippen LogP contribution < -0.4 is 10.2 Å². The van der Waals surface area contributed by atoms with E-state index < -0.39 is 0 Å². The second-order valence-electron chi connectivity index (χ2n) is 5.64. The first-order chi connectivity index (χ1) is 11.5. The van der Waals surface area contributed by atoms with Crippen LogP contribution in [0.3, 0.4) is 0 Å². The number of nitrogens with one attached hydrogen (secondary N) is 1. The molecule has 3 rings (SSSR count). The Kier molecular flexibility index (Phi) is 4.45. The first-order valence-corrected chi connectivity index (χ1v) is 7.75. The van der Waals surface area contributed by atoms with Crippen LogP contribution in [0.4, 0.5) is 11.7 Å². The molecule has 0 saturated carbocycles. The number of anilines is 2. The SMILES string of the molecule is CC(=O)Nc1ccc(C(=O)N2CCN(c3nnc(C)o3)CC2)cc1. The second-order valence-corrected chi connectivity index (χ2v) is 5.64. The van der Waals surface area contributed by atoms with Crippen molar-refractivity contribution in [3.8, 4) is 0 Å². The third-order valence-corrected chi connectivity index (χ3v) is 3.80. The largest absolute Gasteiger partial charge is 0.408 e. The Morgan fingerprint density at radius 1 is 1.08 bits per heavy atom. The summed E-state index contributed by atoms with van der Waals surface area (Å²) < 4.78 is 5.41. The molecule has 1 N–H and O–H groups in total. The lowest BCUT2D eigenvalue weighted by Crippen LogP contribution is -2.48. The average Bonchev–Trinajstić information content (AvgIpc) is 3.01. The normalized spacial score (nSPS) is 14.6. The second kappa shape index (κ2) is 6.69. The highest BCUT2D eigenvalue weighted by atomic mass is 16.4. The third-order valence-electron chi connectivity index (χ3n) is 3.80. The minimum Gasteiger partial charge on any atom is -0.408 e. The van der Waals surface area contributed by atoms with Crippen molar-refractivity contribution in [2.45, 2.75) is 13.8 Å². The average molecular weight is 329 g/mol. The van der Waals surface area contributed by atoms with Gasteiger partial charge in [-0.1, -0.05) is 5.10 Å². The van der Waals surface area contributed by atoms with Crippen LogP contribution in [-0.4, -0.2) is 53.1 Å². The summed E-state index contributed by atoms with van der Waals surface area (Å²) in [6.07, 6.45) is 0. The molecule has 0 aliphatic carbocycles. The lowest BCUT2D eigenvalue weighted by Gasteiger charge is -2.33. The molecule has 1 saturated heterocycles. The van der Waals surface area contributed by atoms with Gasteiger partial charge >= 0.3 is 6.01 Å². The Morgan fingerprint density at radius 2 is 1.75 bits per heavy atom. The molecule has 2 aromatic rings. The smallest absolute Gasteiger partial charge is 0.318 e. The molecule has 0 unspecified atom stereocenters. The van der Waals surface area contributed by atoms with Gasteiger partial charge in [0.2, 0.25) is 11.8 Å². The number of aryl methyl sites for hydroxylation is 1. The summed E-state index contributed by atoms with van der Waals surface area (Å²) in [4.78, 5) is 27.3. The first kappa shape index (κ1) is 16.0. The highest BCUT2D eigenvalue weighted by Gasteiger charge is 2.24. The van der Waals surface area contributed by atoms with Crippen LogP contribution in [0.5, 0.6) is 0 Å². The highest BCUT2D eigenvalue weighted by Crippen LogP contribution is 2.17. The summed E-state index contributed by atoms with van der Waals surface area (Å²) >= 11 is 0. The lowest BCUT2D eigenvalue weighted by molar-refractivity contribution is -0.114. The molecule has 0 bridgehead atoms. The van der Waals surface area contributed by atoms with Gasteiger partial charge in [-0.15, -0.1) is 5.10 Å². The van der Waals surface area contributed by atoms with Gasteiger partial charge in [-0.2, -0.15) is 0 Å². The van der Waals surface area contributed by atoms with E-state index in [4.69, 9.17) is 4.42 Å². The molecule has 8 heteroatoms. The molecule has 0 radical (unpaired) electrons. The van der Waals surface area contributed by atoms with Crippen molar-refractivity contribution < 1.29 is 14.0 Å². The van der Waals surface area contributed by atoms with Crippen molar-refractivity contribution in [3.63, 3.8) is 0 Å². The van der Waals surface area contributed by atoms with Crippen LogP contribution in [-0.2, 0) is 4.79 Å². The van der Waals surface area contributed by atoms with Gasteiger partial charge in [0, 0.05) is 51.3 Å². The van der Waals surface area contributed by atoms with Gasteiger partial charge in [-0.25, -0.2) is 0 Å². The quantitative estimate of drug-likeness (QED) is 0.912. The van der Waals surface area contributed by atoms with E-state index in [9.17, 15) is 9.59 Å². The molecule has 1 aliphatic heterocycles. The van der Waals surface area contributed by atoms with E-state index in [0.29, 0.717) is 49.3 Å². The van der Waals surface area contributed by atoms with Gasteiger partial charge in [0.25, 0.3) is 5.91 Å². The Balaban J connectivity index is 1.59. The summed E-state index contributed by atoms with van der Waals surface area (Å²) in [7, 11) is 0. The van der Waals surface area contributed by atoms with Crippen molar-refractivity contribution in [3.05, 3.63) is 35.7 Å². The van der Waals surface area contributed by atoms with E-state index in [1.807, 2.05) is 4.90 Å². The molecule has 0 spiro atoms. The number of benzene rings is 1. The predicted octanol–water partition coefficient (Wildman–Crippen LogP) is 1.30. The van der Waals surface area contributed by atoms with Crippen molar-refractivity contribution in [1.82, 2.24) is 15.1 Å². The van der Waals surface area contributed by atoms with E-state index >= 15 is 0 Å².